The largest absolute Gasteiger partial charge is 0.495 e. The highest BCUT2D eigenvalue weighted by Gasteiger charge is 2.35. The summed E-state index contributed by atoms with van der Waals surface area (Å²) in [5.74, 6) is 0.640. The van der Waals surface area contributed by atoms with Crippen molar-refractivity contribution in [2.45, 2.75) is 24.3 Å². The van der Waals surface area contributed by atoms with Crippen LogP contribution >= 0.6 is 0 Å². The molecule has 7 heteroatoms. The van der Waals surface area contributed by atoms with Crippen LogP contribution < -0.4 is 10.5 Å². The Morgan fingerprint density at radius 2 is 2.05 bits per heavy atom. The lowest BCUT2D eigenvalue weighted by atomic mass is 9.97. The van der Waals surface area contributed by atoms with E-state index in [1.807, 2.05) is 0 Å². The first-order valence-corrected chi connectivity index (χ1v) is 8.30. The number of rotatable bonds is 4. The van der Waals surface area contributed by atoms with E-state index < -0.39 is 10.0 Å². The van der Waals surface area contributed by atoms with Crippen molar-refractivity contribution < 1.29 is 17.9 Å². The second kappa shape index (κ2) is 6.21. The van der Waals surface area contributed by atoms with Gasteiger partial charge in [0, 0.05) is 25.9 Å². The summed E-state index contributed by atoms with van der Waals surface area (Å²) in [5.41, 5.74) is 6.11. The highest BCUT2D eigenvalue weighted by Crippen LogP contribution is 2.31. The molecule has 1 aliphatic rings. The first-order chi connectivity index (χ1) is 9.90. The molecule has 118 valence electrons. The quantitative estimate of drug-likeness (QED) is 0.848. The molecule has 21 heavy (non-hydrogen) atoms. The van der Waals surface area contributed by atoms with Crippen LogP contribution in [0, 0.1) is 5.92 Å². The first-order valence-electron chi connectivity index (χ1n) is 6.86. The van der Waals surface area contributed by atoms with Crippen molar-refractivity contribution in [2.75, 3.05) is 33.0 Å². The fourth-order valence-corrected chi connectivity index (χ4v) is 4.22. The SMILES string of the molecule is COc1ccc(N)cc1S(=O)(=O)N1CCC(C)C(OC)C1. The van der Waals surface area contributed by atoms with Gasteiger partial charge in [0.25, 0.3) is 0 Å². The van der Waals surface area contributed by atoms with Crippen LogP contribution in [0.4, 0.5) is 5.69 Å². The summed E-state index contributed by atoms with van der Waals surface area (Å²) in [4.78, 5) is 0.106. The number of ether oxygens (including phenoxy) is 2. The summed E-state index contributed by atoms with van der Waals surface area (Å²) in [6.07, 6.45) is 0.670. The standard InChI is InChI=1S/C14H22N2O4S/c1-10-6-7-16(9-13(10)20-3)21(17,18)14-8-11(15)4-5-12(14)19-2/h4-5,8,10,13H,6-7,9,15H2,1-3H3. The summed E-state index contributed by atoms with van der Waals surface area (Å²) < 4.78 is 37.6. The molecule has 0 amide bonds. The third-order valence-corrected chi connectivity index (χ3v) is 5.85. The van der Waals surface area contributed by atoms with Crippen molar-refractivity contribution in [1.29, 1.82) is 0 Å². The van der Waals surface area contributed by atoms with E-state index in [9.17, 15) is 8.42 Å². The molecule has 0 radical (unpaired) electrons. The summed E-state index contributed by atoms with van der Waals surface area (Å²) in [7, 11) is -0.591. The molecule has 0 aliphatic carbocycles. The maximum atomic E-state index is 12.8. The third kappa shape index (κ3) is 3.14. The molecule has 2 atom stereocenters. The predicted octanol–water partition coefficient (Wildman–Crippen LogP) is 1.32. The highest BCUT2D eigenvalue weighted by molar-refractivity contribution is 7.89. The first kappa shape index (κ1) is 16.1. The molecule has 2 unspecified atom stereocenters. The van der Waals surface area contributed by atoms with Crippen LogP contribution in [0.15, 0.2) is 23.1 Å². The second-order valence-electron chi connectivity index (χ2n) is 5.31. The molecule has 1 saturated heterocycles. The van der Waals surface area contributed by atoms with Crippen LogP contribution in [0.2, 0.25) is 0 Å². The molecule has 0 aromatic heterocycles. The zero-order valence-corrected chi connectivity index (χ0v) is 13.4. The van der Waals surface area contributed by atoms with Gasteiger partial charge < -0.3 is 15.2 Å². The summed E-state index contributed by atoms with van der Waals surface area (Å²) in [6, 6.07) is 4.63. The number of nitrogens with zero attached hydrogens (tertiary/aromatic N) is 1. The second-order valence-corrected chi connectivity index (χ2v) is 7.22. The van der Waals surface area contributed by atoms with Crippen molar-refractivity contribution in [1.82, 2.24) is 4.31 Å². The molecule has 1 heterocycles. The van der Waals surface area contributed by atoms with Crippen molar-refractivity contribution in [3.05, 3.63) is 18.2 Å². The van der Waals surface area contributed by atoms with Crippen molar-refractivity contribution in [3.8, 4) is 5.75 Å². The predicted molar refractivity (Wildman–Crippen MR) is 80.7 cm³/mol. The van der Waals surface area contributed by atoms with E-state index in [1.54, 1.807) is 19.2 Å². The number of benzene rings is 1. The van der Waals surface area contributed by atoms with Gasteiger partial charge in [0.2, 0.25) is 10.0 Å². The molecule has 2 rings (SSSR count). The fourth-order valence-electron chi connectivity index (χ4n) is 2.56. The minimum absolute atomic E-state index is 0.0967. The van der Waals surface area contributed by atoms with Gasteiger partial charge in [0.1, 0.15) is 10.6 Å². The number of anilines is 1. The Kier molecular flexibility index (Phi) is 4.75. The zero-order valence-electron chi connectivity index (χ0n) is 12.6. The number of sulfonamides is 1. The van der Waals surface area contributed by atoms with Gasteiger partial charge in [0.05, 0.1) is 13.2 Å². The molecular weight excluding hydrogens is 292 g/mol. The Morgan fingerprint density at radius 3 is 2.67 bits per heavy atom. The van der Waals surface area contributed by atoms with Crippen LogP contribution in [0.3, 0.4) is 0 Å². The van der Waals surface area contributed by atoms with Gasteiger partial charge in [-0.2, -0.15) is 4.31 Å². The Morgan fingerprint density at radius 1 is 1.33 bits per heavy atom. The number of piperidine rings is 1. The molecular formula is C14H22N2O4S. The zero-order chi connectivity index (χ0) is 15.6. The summed E-state index contributed by atoms with van der Waals surface area (Å²) >= 11 is 0. The van der Waals surface area contributed by atoms with Gasteiger partial charge >= 0.3 is 0 Å². The Balaban J connectivity index is 2.36. The maximum Gasteiger partial charge on any atom is 0.246 e. The molecule has 6 nitrogen and oxygen atoms in total. The summed E-state index contributed by atoms with van der Waals surface area (Å²) in [6.45, 7) is 2.89. The van der Waals surface area contributed by atoms with Crippen molar-refractivity contribution in [2.24, 2.45) is 5.92 Å². The van der Waals surface area contributed by atoms with E-state index in [0.717, 1.165) is 6.42 Å². The van der Waals surface area contributed by atoms with E-state index in [4.69, 9.17) is 15.2 Å². The number of hydrogen-bond donors (Lipinski definition) is 1. The van der Waals surface area contributed by atoms with Gasteiger partial charge in [-0.05, 0) is 30.5 Å². The van der Waals surface area contributed by atoms with Crippen molar-refractivity contribution >= 4 is 15.7 Å². The fraction of sp³-hybridized carbons (Fsp3) is 0.571. The third-order valence-electron chi connectivity index (χ3n) is 3.96. The molecule has 1 aromatic rings. The average Bonchev–Trinajstić information content (AvgIpc) is 2.47. The normalized spacial score (nSPS) is 24.0. The van der Waals surface area contributed by atoms with Gasteiger partial charge in [-0.25, -0.2) is 8.42 Å². The van der Waals surface area contributed by atoms with Crippen molar-refractivity contribution in [3.63, 3.8) is 0 Å². The molecule has 2 N–H and O–H groups in total. The number of methoxy groups -OCH3 is 2. The van der Waals surface area contributed by atoms with E-state index >= 15 is 0 Å². The Hall–Kier alpha value is -1.31. The van der Waals surface area contributed by atoms with E-state index in [2.05, 4.69) is 6.92 Å². The van der Waals surface area contributed by atoms with Crippen LogP contribution in [0.25, 0.3) is 0 Å². The lowest BCUT2D eigenvalue weighted by Crippen LogP contribution is -2.46. The van der Waals surface area contributed by atoms with Gasteiger partial charge in [-0.15, -0.1) is 0 Å². The number of hydrogen-bond acceptors (Lipinski definition) is 5. The number of nitrogens with two attached hydrogens (primary N) is 1. The minimum Gasteiger partial charge on any atom is -0.495 e. The molecule has 1 aromatic carbocycles. The topological polar surface area (TPSA) is 81.9 Å². The van der Waals surface area contributed by atoms with E-state index in [-0.39, 0.29) is 11.0 Å². The van der Waals surface area contributed by atoms with Crippen LogP contribution in [-0.4, -0.2) is 46.1 Å². The Labute approximate surface area is 125 Å². The summed E-state index contributed by atoms with van der Waals surface area (Å²) in [5, 5.41) is 0. The smallest absolute Gasteiger partial charge is 0.246 e. The van der Waals surface area contributed by atoms with E-state index in [0.29, 0.717) is 30.4 Å². The molecule has 0 spiro atoms. The van der Waals surface area contributed by atoms with Crippen LogP contribution in [0.5, 0.6) is 5.75 Å². The molecule has 0 bridgehead atoms. The van der Waals surface area contributed by atoms with Crippen LogP contribution in [0.1, 0.15) is 13.3 Å². The van der Waals surface area contributed by atoms with Crippen LogP contribution in [-0.2, 0) is 14.8 Å². The van der Waals surface area contributed by atoms with Gasteiger partial charge in [-0.1, -0.05) is 6.92 Å². The van der Waals surface area contributed by atoms with Gasteiger partial charge in [-0.3, -0.25) is 0 Å². The molecule has 1 aliphatic heterocycles. The molecule has 0 saturated carbocycles. The maximum absolute atomic E-state index is 12.8. The minimum atomic E-state index is -3.65. The Bertz CT molecular complexity index is 603. The lowest BCUT2D eigenvalue weighted by molar-refractivity contribution is 0.0183. The number of nitrogen functional groups attached to an aromatic ring is 1. The lowest BCUT2D eigenvalue weighted by Gasteiger charge is -2.35. The molecule has 1 fully saturated rings. The monoisotopic (exact) mass is 314 g/mol. The van der Waals surface area contributed by atoms with E-state index in [1.165, 1.54) is 17.5 Å². The van der Waals surface area contributed by atoms with Gasteiger partial charge in [0.15, 0.2) is 0 Å². The average molecular weight is 314 g/mol. The highest BCUT2D eigenvalue weighted by atomic mass is 32.2.